The number of hydrogen-bond donors (Lipinski definition) is 4. The number of halogens is 3. The number of allylic oxidation sites excluding steroid dienone is 2. The van der Waals surface area contributed by atoms with Gasteiger partial charge in [0.2, 0.25) is 0 Å². The van der Waals surface area contributed by atoms with Crippen LogP contribution >= 0.6 is 0 Å². The van der Waals surface area contributed by atoms with Gasteiger partial charge in [0.15, 0.2) is 0 Å². The second-order valence-electron chi connectivity index (χ2n) is 4.09. The fourth-order valence-corrected chi connectivity index (χ4v) is 1.71. The van der Waals surface area contributed by atoms with Gasteiger partial charge in [-0.15, -0.1) is 0 Å². The van der Waals surface area contributed by atoms with Crippen LogP contribution in [-0.4, -0.2) is 33.4 Å². The molecule has 0 unspecified atom stereocenters. The number of hydrogen-bond acceptors (Lipinski definition) is 4. The number of nitrogens with one attached hydrogen (secondary N) is 2. The minimum Gasteiger partial charge on any atom is -0.477 e. The lowest BCUT2D eigenvalue weighted by atomic mass is 10.1. The number of aromatic carboxylic acids is 1. The first-order valence-electron chi connectivity index (χ1n) is 5.55. The molecule has 0 bridgehead atoms. The Bertz CT molecular complexity index is 761. The Labute approximate surface area is 115 Å². The molecule has 0 aliphatic heterocycles. The van der Waals surface area contributed by atoms with Gasteiger partial charge in [0.1, 0.15) is 17.0 Å². The number of carbonyl (C=O) groups is 1. The lowest BCUT2D eigenvalue weighted by Crippen LogP contribution is -2.22. The third kappa shape index (κ3) is 2.71. The normalized spacial score (nSPS) is 13.1. The van der Waals surface area contributed by atoms with Crippen LogP contribution in [0.1, 0.15) is 16.2 Å². The zero-order valence-electron chi connectivity index (χ0n) is 10.3. The molecule has 0 saturated heterocycles. The first-order valence-corrected chi connectivity index (χ1v) is 5.55. The SMILES string of the molecule is N=C/C(=C(\N)C(F)(F)F)c1ccc2cc(C(=O)O)[nH]c2n1. The Hall–Kier alpha value is -2.84. The fourth-order valence-electron chi connectivity index (χ4n) is 1.71. The minimum atomic E-state index is -4.79. The van der Waals surface area contributed by atoms with Gasteiger partial charge in [0, 0.05) is 17.2 Å². The number of H-pyrrole nitrogens is 1. The number of carboxylic acids is 1. The van der Waals surface area contributed by atoms with Crippen molar-refractivity contribution >= 4 is 28.8 Å². The van der Waals surface area contributed by atoms with Gasteiger partial charge in [0.05, 0.1) is 5.69 Å². The fraction of sp³-hybridized carbons (Fsp3) is 0.0833. The molecule has 0 saturated carbocycles. The van der Waals surface area contributed by atoms with Crippen molar-refractivity contribution in [3.05, 3.63) is 35.3 Å². The maximum absolute atomic E-state index is 12.6. The summed E-state index contributed by atoms with van der Waals surface area (Å²) in [6.45, 7) is 0. The van der Waals surface area contributed by atoms with Gasteiger partial charge in [-0.25, -0.2) is 9.78 Å². The highest BCUT2D eigenvalue weighted by molar-refractivity contribution is 6.09. The van der Waals surface area contributed by atoms with Crippen molar-refractivity contribution in [2.45, 2.75) is 6.18 Å². The Balaban J connectivity index is 2.61. The molecule has 6 nitrogen and oxygen atoms in total. The van der Waals surface area contributed by atoms with E-state index in [0.29, 0.717) is 11.6 Å². The van der Waals surface area contributed by atoms with Crippen LogP contribution < -0.4 is 5.73 Å². The molecule has 0 aliphatic rings. The number of carboxylic acid groups (broad SMARTS) is 1. The van der Waals surface area contributed by atoms with Crippen LogP contribution in [0.5, 0.6) is 0 Å². The summed E-state index contributed by atoms with van der Waals surface area (Å²) in [4.78, 5) is 17.1. The van der Waals surface area contributed by atoms with E-state index in [1.165, 1.54) is 18.2 Å². The average Bonchev–Trinajstić information content (AvgIpc) is 2.81. The van der Waals surface area contributed by atoms with Crippen LogP contribution in [0.4, 0.5) is 13.2 Å². The van der Waals surface area contributed by atoms with Crippen molar-refractivity contribution in [2.24, 2.45) is 5.73 Å². The zero-order valence-corrected chi connectivity index (χ0v) is 10.3. The highest BCUT2D eigenvalue weighted by atomic mass is 19.4. The lowest BCUT2D eigenvalue weighted by molar-refractivity contribution is -0.0919. The highest BCUT2D eigenvalue weighted by Crippen LogP contribution is 2.28. The summed E-state index contributed by atoms with van der Waals surface area (Å²) in [7, 11) is 0. The summed E-state index contributed by atoms with van der Waals surface area (Å²) in [5.41, 5.74) is 2.75. The lowest BCUT2D eigenvalue weighted by Gasteiger charge is -2.10. The van der Waals surface area contributed by atoms with Crippen LogP contribution in [-0.2, 0) is 0 Å². The summed E-state index contributed by atoms with van der Waals surface area (Å²) in [6, 6.07) is 3.93. The Morgan fingerprint density at radius 1 is 1.43 bits per heavy atom. The van der Waals surface area contributed by atoms with Crippen LogP contribution in [0.25, 0.3) is 16.6 Å². The van der Waals surface area contributed by atoms with Crippen molar-refractivity contribution in [1.82, 2.24) is 9.97 Å². The molecule has 110 valence electrons. The van der Waals surface area contributed by atoms with Crippen molar-refractivity contribution in [1.29, 1.82) is 5.41 Å². The summed E-state index contributed by atoms with van der Waals surface area (Å²) in [5, 5.41) is 16.3. The smallest absolute Gasteiger partial charge is 0.431 e. The molecular weight excluding hydrogens is 289 g/mol. The van der Waals surface area contributed by atoms with Gasteiger partial charge in [-0.1, -0.05) is 0 Å². The van der Waals surface area contributed by atoms with Gasteiger partial charge >= 0.3 is 12.1 Å². The maximum Gasteiger partial charge on any atom is 0.431 e. The van der Waals surface area contributed by atoms with E-state index in [1.54, 1.807) is 0 Å². The molecule has 0 aliphatic carbocycles. The van der Waals surface area contributed by atoms with E-state index >= 15 is 0 Å². The molecular formula is C12H9F3N4O2. The van der Waals surface area contributed by atoms with Crippen LogP contribution in [0, 0.1) is 5.41 Å². The van der Waals surface area contributed by atoms with Crippen LogP contribution in [0.2, 0.25) is 0 Å². The van der Waals surface area contributed by atoms with E-state index in [2.05, 4.69) is 9.97 Å². The number of aromatic amines is 1. The Morgan fingerprint density at radius 2 is 2.10 bits per heavy atom. The molecule has 21 heavy (non-hydrogen) atoms. The first kappa shape index (κ1) is 14.6. The van der Waals surface area contributed by atoms with Crippen LogP contribution in [0.3, 0.4) is 0 Å². The number of aromatic nitrogens is 2. The molecule has 0 aromatic carbocycles. The minimum absolute atomic E-state index is 0.0965. The number of fused-ring (bicyclic) bond motifs is 1. The number of rotatable bonds is 3. The Morgan fingerprint density at radius 3 is 2.62 bits per heavy atom. The first-order chi connectivity index (χ1) is 9.74. The molecule has 2 rings (SSSR count). The van der Waals surface area contributed by atoms with Gasteiger partial charge in [0.25, 0.3) is 0 Å². The number of nitrogens with zero attached hydrogens (tertiary/aromatic N) is 1. The molecule has 5 N–H and O–H groups in total. The van der Waals surface area contributed by atoms with E-state index in [4.69, 9.17) is 16.2 Å². The van der Waals surface area contributed by atoms with Gasteiger partial charge in [-0.2, -0.15) is 13.2 Å². The van der Waals surface area contributed by atoms with Crippen molar-refractivity contribution in [3.63, 3.8) is 0 Å². The van der Waals surface area contributed by atoms with E-state index in [1.807, 2.05) is 0 Å². The van der Waals surface area contributed by atoms with E-state index < -0.39 is 23.4 Å². The van der Waals surface area contributed by atoms with E-state index in [9.17, 15) is 18.0 Å². The summed E-state index contributed by atoms with van der Waals surface area (Å²) in [6.07, 6.45) is -4.33. The number of alkyl halides is 3. The molecule has 0 fully saturated rings. The van der Waals surface area contributed by atoms with E-state index in [-0.39, 0.29) is 17.0 Å². The quantitative estimate of drug-likeness (QED) is 0.649. The standard InChI is InChI=1S/C12H9F3N4O2/c13-12(14,15)9(17)6(4-16)7-2-1-5-3-8(11(20)21)19-10(5)18-7/h1-4,16H,17H2,(H,18,19)(H,20,21)/b9-6+,16-4?. The zero-order chi connectivity index (χ0) is 15.8. The van der Waals surface area contributed by atoms with Crippen molar-refractivity contribution in [2.75, 3.05) is 0 Å². The molecule has 2 aromatic rings. The van der Waals surface area contributed by atoms with Gasteiger partial charge in [-0.05, 0) is 18.2 Å². The summed E-state index contributed by atoms with van der Waals surface area (Å²) >= 11 is 0. The van der Waals surface area contributed by atoms with Crippen LogP contribution in [0.15, 0.2) is 23.9 Å². The monoisotopic (exact) mass is 298 g/mol. The molecule has 9 heteroatoms. The number of pyridine rings is 1. The average molecular weight is 298 g/mol. The second-order valence-corrected chi connectivity index (χ2v) is 4.09. The molecule has 0 spiro atoms. The summed E-state index contributed by atoms with van der Waals surface area (Å²) in [5.74, 6) is -1.22. The third-order valence-corrected chi connectivity index (χ3v) is 2.73. The topological polar surface area (TPSA) is 116 Å². The molecule has 0 atom stereocenters. The second kappa shape index (κ2) is 4.93. The Kier molecular flexibility index (Phi) is 3.42. The number of nitrogens with two attached hydrogens (primary N) is 1. The largest absolute Gasteiger partial charge is 0.477 e. The van der Waals surface area contributed by atoms with Crippen molar-refractivity contribution < 1.29 is 23.1 Å². The van der Waals surface area contributed by atoms with Gasteiger partial charge in [-0.3, -0.25) is 0 Å². The maximum atomic E-state index is 12.6. The predicted octanol–water partition coefficient (Wildman–Crippen LogP) is 2.14. The highest BCUT2D eigenvalue weighted by Gasteiger charge is 2.34. The van der Waals surface area contributed by atoms with Gasteiger partial charge < -0.3 is 21.2 Å². The molecule has 2 aromatic heterocycles. The third-order valence-electron chi connectivity index (χ3n) is 2.73. The predicted molar refractivity (Wildman–Crippen MR) is 69.0 cm³/mol. The van der Waals surface area contributed by atoms with Crippen molar-refractivity contribution in [3.8, 4) is 0 Å². The molecule has 2 heterocycles. The summed E-state index contributed by atoms with van der Waals surface area (Å²) < 4.78 is 37.8. The molecule has 0 amide bonds. The van der Waals surface area contributed by atoms with E-state index in [0.717, 1.165) is 0 Å². The molecule has 0 radical (unpaired) electrons.